The average Bonchev–Trinajstić information content (AvgIpc) is 2.23. The van der Waals surface area contributed by atoms with E-state index in [9.17, 15) is 4.79 Å². The van der Waals surface area contributed by atoms with E-state index in [2.05, 4.69) is 32.6 Å². The number of nitrogens with zero attached hydrogens (tertiary/aromatic N) is 2. The van der Waals surface area contributed by atoms with Gasteiger partial charge in [-0.25, -0.2) is 0 Å². The third-order valence-corrected chi connectivity index (χ3v) is 3.34. The van der Waals surface area contributed by atoms with Crippen LogP contribution in [0.15, 0.2) is 0 Å². The fraction of sp³-hybridized carbons (Fsp3) is 0.917. The Hall–Kier alpha value is -0.610. The molecule has 0 spiro atoms. The van der Waals surface area contributed by atoms with Crippen molar-refractivity contribution in [3.63, 3.8) is 0 Å². The van der Waals surface area contributed by atoms with Crippen LogP contribution in [0.4, 0.5) is 0 Å². The summed E-state index contributed by atoms with van der Waals surface area (Å²) in [7, 11) is 1.98. The van der Waals surface area contributed by atoms with Crippen molar-refractivity contribution in [3.8, 4) is 0 Å². The maximum atomic E-state index is 12.4. The summed E-state index contributed by atoms with van der Waals surface area (Å²) >= 11 is 0. The molecular weight excluding hydrogens is 202 g/mol. The van der Waals surface area contributed by atoms with Crippen molar-refractivity contribution in [3.05, 3.63) is 0 Å². The lowest BCUT2D eigenvalue weighted by molar-refractivity contribution is -0.141. The van der Waals surface area contributed by atoms with Gasteiger partial charge in [-0.05, 0) is 41.2 Å². The van der Waals surface area contributed by atoms with Crippen LogP contribution in [-0.4, -0.2) is 53.5 Å². The molecule has 1 heterocycles. The Bertz CT molecular complexity index is 259. The van der Waals surface area contributed by atoms with Crippen LogP contribution in [0.5, 0.6) is 0 Å². The van der Waals surface area contributed by atoms with E-state index in [4.69, 9.17) is 5.73 Å². The van der Waals surface area contributed by atoms with E-state index in [-0.39, 0.29) is 23.5 Å². The highest BCUT2D eigenvalue weighted by atomic mass is 16.2. The monoisotopic (exact) mass is 227 g/mol. The molecule has 1 saturated heterocycles. The lowest BCUT2D eigenvalue weighted by atomic mass is 10.0. The number of likely N-dealkylation sites (N-methyl/N-ethyl adjacent to an activating group) is 1. The normalized spacial score (nSPS) is 29.4. The number of nitrogens with two attached hydrogens (primary N) is 1. The quantitative estimate of drug-likeness (QED) is 0.716. The molecule has 1 aliphatic heterocycles. The van der Waals surface area contributed by atoms with Crippen molar-refractivity contribution >= 4 is 5.91 Å². The first-order chi connectivity index (χ1) is 7.29. The Labute approximate surface area is 98.8 Å². The van der Waals surface area contributed by atoms with Crippen molar-refractivity contribution in [2.75, 3.05) is 20.1 Å². The first-order valence-electron chi connectivity index (χ1n) is 6.02. The van der Waals surface area contributed by atoms with Crippen molar-refractivity contribution in [1.29, 1.82) is 0 Å². The predicted octanol–water partition coefficient (Wildman–Crippen LogP) is 0.665. The molecule has 1 aliphatic rings. The average molecular weight is 227 g/mol. The van der Waals surface area contributed by atoms with Crippen molar-refractivity contribution in [1.82, 2.24) is 9.80 Å². The van der Waals surface area contributed by atoms with Gasteiger partial charge in [0.05, 0.1) is 0 Å². The second kappa shape index (κ2) is 4.72. The molecule has 16 heavy (non-hydrogen) atoms. The zero-order chi connectivity index (χ0) is 12.5. The van der Waals surface area contributed by atoms with Crippen LogP contribution in [0.2, 0.25) is 0 Å². The molecule has 1 amide bonds. The molecule has 1 rings (SSSR count). The van der Waals surface area contributed by atoms with E-state index in [1.165, 1.54) is 0 Å². The zero-order valence-electron chi connectivity index (χ0n) is 11.2. The number of carbonyl (C=O) groups excluding carboxylic acids is 1. The van der Waals surface area contributed by atoms with Crippen LogP contribution in [0.3, 0.4) is 0 Å². The number of carbonyl (C=O) groups is 1. The topological polar surface area (TPSA) is 49.6 Å². The van der Waals surface area contributed by atoms with E-state index in [1.807, 2.05) is 11.9 Å². The molecule has 0 aliphatic carbocycles. The Morgan fingerprint density at radius 1 is 1.44 bits per heavy atom. The van der Waals surface area contributed by atoms with E-state index >= 15 is 0 Å². The van der Waals surface area contributed by atoms with Gasteiger partial charge in [0.25, 0.3) is 0 Å². The summed E-state index contributed by atoms with van der Waals surface area (Å²) in [5.74, 6) is 0.169. The summed E-state index contributed by atoms with van der Waals surface area (Å²) in [5, 5.41) is 0. The summed E-state index contributed by atoms with van der Waals surface area (Å²) in [6, 6.07) is 0.121. The first-order valence-corrected chi connectivity index (χ1v) is 6.02. The molecule has 4 nitrogen and oxygen atoms in total. The number of hydrogen-bond acceptors (Lipinski definition) is 3. The molecule has 0 aromatic carbocycles. The number of rotatable bonds is 1. The molecule has 0 radical (unpaired) electrons. The molecule has 2 atom stereocenters. The molecule has 2 N–H and O–H groups in total. The lowest BCUT2D eigenvalue weighted by Gasteiger charge is -2.40. The molecular formula is C12H25N3O. The summed E-state index contributed by atoms with van der Waals surface area (Å²) < 4.78 is 0. The van der Waals surface area contributed by atoms with Gasteiger partial charge in [0.15, 0.2) is 0 Å². The maximum absolute atomic E-state index is 12.4. The van der Waals surface area contributed by atoms with Crippen molar-refractivity contribution in [2.24, 2.45) is 5.73 Å². The van der Waals surface area contributed by atoms with Crippen molar-refractivity contribution < 1.29 is 4.79 Å². The Kier molecular flexibility index (Phi) is 3.97. The lowest BCUT2D eigenvalue weighted by Crippen LogP contribution is -2.56. The van der Waals surface area contributed by atoms with Gasteiger partial charge in [0.2, 0.25) is 5.91 Å². The van der Waals surface area contributed by atoms with Gasteiger partial charge in [-0.2, -0.15) is 0 Å². The second-order valence-electron chi connectivity index (χ2n) is 5.75. The van der Waals surface area contributed by atoms with Gasteiger partial charge in [-0.1, -0.05) is 0 Å². The van der Waals surface area contributed by atoms with Crippen LogP contribution in [0.1, 0.15) is 34.1 Å². The van der Waals surface area contributed by atoms with E-state index in [1.54, 1.807) is 0 Å². The number of hydrogen-bond donors (Lipinski definition) is 1. The van der Waals surface area contributed by atoms with Crippen LogP contribution < -0.4 is 5.73 Å². The van der Waals surface area contributed by atoms with E-state index < -0.39 is 0 Å². The summed E-state index contributed by atoms with van der Waals surface area (Å²) in [6.07, 6.45) is 1.01. The summed E-state index contributed by atoms with van der Waals surface area (Å²) in [4.78, 5) is 16.5. The molecule has 2 unspecified atom stereocenters. The third-order valence-electron chi connectivity index (χ3n) is 3.34. The minimum Gasteiger partial charge on any atom is -0.334 e. The molecule has 94 valence electrons. The molecule has 1 fully saturated rings. The fourth-order valence-corrected chi connectivity index (χ4v) is 2.51. The Morgan fingerprint density at radius 2 is 2.00 bits per heavy atom. The van der Waals surface area contributed by atoms with Gasteiger partial charge in [0, 0.05) is 24.7 Å². The SMILES string of the molecule is CC1CCN(C)C(CN)C(=O)N1C(C)(C)C. The molecule has 4 heteroatoms. The van der Waals surface area contributed by atoms with Crippen LogP contribution in [0, 0.1) is 0 Å². The Balaban J connectivity index is 3.01. The fourth-order valence-electron chi connectivity index (χ4n) is 2.51. The van der Waals surface area contributed by atoms with E-state index in [0.29, 0.717) is 6.54 Å². The van der Waals surface area contributed by atoms with E-state index in [0.717, 1.165) is 13.0 Å². The summed E-state index contributed by atoms with van der Waals surface area (Å²) in [6.45, 7) is 9.70. The maximum Gasteiger partial charge on any atom is 0.241 e. The van der Waals surface area contributed by atoms with Crippen LogP contribution in [-0.2, 0) is 4.79 Å². The highest BCUT2D eigenvalue weighted by molar-refractivity contribution is 5.83. The predicted molar refractivity (Wildman–Crippen MR) is 66.2 cm³/mol. The first kappa shape index (κ1) is 13.5. The van der Waals surface area contributed by atoms with Gasteiger partial charge < -0.3 is 10.6 Å². The zero-order valence-corrected chi connectivity index (χ0v) is 11.2. The van der Waals surface area contributed by atoms with Crippen LogP contribution >= 0.6 is 0 Å². The van der Waals surface area contributed by atoms with Gasteiger partial charge in [-0.3, -0.25) is 9.69 Å². The standard InChI is InChI=1S/C12H25N3O/c1-9-6-7-14(5)10(8-13)11(16)15(9)12(2,3)4/h9-10H,6-8,13H2,1-5H3. The minimum atomic E-state index is -0.163. The van der Waals surface area contributed by atoms with Gasteiger partial charge >= 0.3 is 0 Å². The van der Waals surface area contributed by atoms with Gasteiger partial charge in [0.1, 0.15) is 6.04 Å². The molecule has 0 saturated carbocycles. The number of amides is 1. The largest absolute Gasteiger partial charge is 0.334 e. The highest BCUT2D eigenvalue weighted by Gasteiger charge is 2.38. The third kappa shape index (κ3) is 2.55. The summed E-state index contributed by atoms with van der Waals surface area (Å²) in [5.41, 5.74) is 5.59. The molecule has 0 bridgehead atoms. The van der Waals surface area contributed by atoms with Gasteiger partial charge in [-0.15, -0.1) is 0 Å². The minimum absolute atomic E-state index is 0.130. The smallest absolute Gasteiger partial charge is 0.241 e. The molecule has 0 aromatic rings. The van der Waals surface area contributed by atoms with Crippen molar-refractivity contribution in [2.45, 2.75) is 51.7 Å². The highest BCUT2D eigenvalue weighted by Crippen LogP contribution is 2.24. The Morgan fingerprint density at radius 3 is 2.44 bits per heavy atom. The second-order valence-corrected chi connectivity index (χ2v) is 5.75. The van der Waals surface area contributed by atoms with Crippen LogP contribution in [0.25, 0.3) is 0 Å². The molecule has 0 aromatic heterocycles.